The maximum absolute atomic E-state index is 14.8. The highest BCUT2D eigenvalue weighted by Crippen LogP contribution is 2.50. The largest absolute Gasteiger partial charge is 0.493 e. The van der Waals surface area contributed by atoms with Crippen molar-refractivity contribution >= 4 is 112 Å². The molecule has 3 aromatic carbocycles. The summed E-state index contributed by atoms with van der Waals surface area (Å²) in [4.78, 5) is 255. The van der Waals surface area contributed by atoms with Crippen LogP contribution in [0, 0.1) is 5.92 Å². The summed E-state index contributed by atoms with van der Waals surface area (Å²) in [7, 11) is 5.65. The van der Waals surface area contributed by atoms with Gasteiger partial charge in [0, 0.05) is 110 Å². The standard InChI is InChI=1S/C85H118N20O28S/c1-44(2)20-60(102-70(113)37-131-54(32-92-82(123)63(26-74(117)118)98-46(4)109)31-91-81(122)62(97-45(3)108)24-52-28-88-43-96-52)79(120)89-29-53(30-90-80(121)61(21-49-14-12-11-13-15-49)103-71(114)38-132-55(33-93-83(124)64(35-106)99-47(5)110)34-94-84(125)65(36-107)100-48(6)111)133-39-72(115)104-66(85(126)105-59(78(86)119)23-51-27-87-42-95-51)40-134-41-73(116)101-58-18-16-50-22-69(128-8)76(129-9)77(130-10)75(50)56-17-19-68(127-7)67(112)25-57(56)58/h11-15,17,19,22,25,27-28,42-44,53-55,58-66,106-107H,16,18,20-21,23-24,26,29-41H2,1-10H3,(H2,86,119)(H,87,95)(H,88,96)(H,89,120)(H,90,121)(H,91,122)(H,92,123)(H,93,124)(H,94,125)(H,97,108)(H,98,109)(H,99,110)(H,100,111)(H,101,116)(H,102,113)(H,103,114)(H,104,115)(H,105,126)(H,117,118)/t53?,54?,58-,59-,60-,61-,62-,63-,64-,65-,66-/m0/s1. The summed E-state index contributed by atoms with van der Waals surface area (Å²) in [6.45, 7) is 0.0412. The lowest BCUT2D eigenvalue weighted by molar-refractivity contribution is -0.141. The number of carboxylic acid groups (broad SMARTS) is 1. The van der Waals surface area contributed by atoms with E-state index in [1.807, 2.05) is 0 Å². The Balaban J connectivity index is 1.31. The minimum atomic E-state index is -1.63. The van der Waals surface area contributed by atoms with Crippen LogP contribution in [0.2, 0.25) is 0 Å². The average Bonchev–Trinajstić information content (AvgIpc) is 1.54. The van der Waals surface area contributed by atoms with Crippen molar-refractivity contribution in [2.75, 3.05) is 112 Å². The predicted octanol–water partition coefficient (Wildman–Crippen LogP) is -6.44. The van der Waals surface area contributed by atoms with Gasteiger partial charge >= 0.3 is 5.97 Å². The number of aromatic nitrogens is 4. The number of primary amides is 1. The number of hydrogen-bond donors (Lipinski definition) is 21. The van der Waals surface area contributed by atoms with Crippen LogP contribution in [0.25, 0.3) is 11.1 Å². The van der Waals surface area contributed by atoms with Crippen molar-refractivity contribution in [1.29, 1.82) is 0 Å². The van der Waals surface area contributed by atoms with E-state index in [9.17, 15) is 102 Å². The quantitative estimate of drug-likeness (QED) is 0.0172. The number of ether oxygens (including phenoxy) is 7. The Hall–Kier alpha value is -13.9. The number of aliphatic carboxylic acids is 1. The molecule has 0 aliphatic heterocycles. The van der Waals surface area contributed by atoms with E-state index in [-0.39, 0.29) is 55.3 Å². The van der Waals surface area contributed by atoms with Gasteiger partial charge in [-0.25, -0.2) is 9.97 Å². The van der Waals surface area contributed by atoms with Gasteiger partial charge in [0.2, 0.25) is 106 Å². The van der Waals surface area contributed by atoms with E-state index in [1.54, 1.807) is 56.3 Å². The number of nitrogens with zero attached hydrogens (tertiary/aromatic N) is 2. The summed E-state index contributed by atoms with van der Waals surface area (Å²) in [5.74, 6) is -15.5. The highest BCUT2D eigenvalue weighted by molar-refractivity contribution is 8.00. The SMILES string of the molecule is COc1cc2c(c(OC)c1OC)-c1ccc(OC)c(=O)cc1[C@@H](NC(=O)CSC[C@H](NC(=O)COC(CNC(=O)[C@H](Cc1ccccc1)NC(=O)COC(CNC(=O)[C@H](CO)NC(C)=O)CNC(=O)[C@H](CO)NC(C)=O)CNC(=O)[C@H](CC(C)C)NC(=O)COC(CNC(=O)[C@H](CC(=O)O)NC(C)=O)CNC(=O)[C@H](Cc1c[nH]cn1)NC(C)=O)C(=O)N[C@@H](Cc1c[nH]cn1)C(N)=O)CC2. The van der Waals surface area contributed by atoms with E-state index in [1.165, 1.54) is 72.5 Å². The van der Waals surface area contributed by atoms with E-state index < -0.39 is 269 Å². The van der Waals surface area contributed by atoms with Crippen LogP contribution in [-0.2, 0) is 121 Å². The third-order valence-electron chi connectivity index (χ3n) is 20.0. The van der Waals surface area contributed by atoms with E-state index >= 15 is 0 Å². The van der Waals surface area contributed by atoms with Crippen LogP contribution in [0.4, 0.5) is 0 Å². The minimum absolute atomic E-state index is 0.0134. The van der Waals surface area contributed by atoms with Gasteiger partial charge in [0.05, 0.1) is 102 Å². The Morgan fingerprint density at radius 3 is 1.35 bits per heavy atom. The van der Waals surface area contributed by atoms with Crippen LogP contribution >= 0.6 is 11.8 Å². The number of hydrogen-bond acceptors (Lipinski definition) is 30. The molecule has 0 fully saturated rings. The number of rotatable bonds is 58. The summed E-state index contributed by atoms with van der Waals surface area (Å²) in [6.07, 6.45) is 0.476. The van der Waals surface area contributed by atoms with Crippen molar-refractivity contribution in [2.45, 2.75) is 159 Å². The number of carbonyl (C=O) groups excluding carboxylic acids is 16. The number of benzene rings is 2. The van der Waals surface area contributed by atoms with Crippen molar-refractivity contribution in [3.8, 4) is 34.1 Å². The van der Waals surface area contributed by atoms with Gasteiger partial charge in [0.25, 0.3) is 0 Å². The van der Waals surface area contributed by atoms with E-state index in [0.29, 0.717) is 51.4 Å². The lowest BCUT2D eigenvalue weighted by Gasteiger charge is -2.26. The minimum Gasteiger partial charge on any atom is -0.493 e. The number of aromatic amines is 2. The van der Waals surface area contributed by atoms with Crippen molar-refractivity contribution < 1.29 is 130 Å². The zero-order valence-electron chi connectivity index (χ0n) is 75.6. The van der Waals surface area contributed by atoms with Gasteiger partial charge in [-0.1, -0.05) is 50.2 Å². The lowest BCUT2D eigenvalue weighted by atomic mass is 9.95. The maximum Gasteiger partial charge on any atom is 0.305 e. The zero-order chi connectivity index (χ0) is 98.7. The van der Waals surface area contributed by atoms with Crippen molar-refractivity contribution in [1.82, 2.24) is 99.7 Å². The molecular formula is C85H118N20O28S. The first-order valence-corrected chi connectivity index (χ1v) is 43.4. The molecule has 6 rings (SSSR count). The molecule has 732 valence electrons. The summed E-state index contributed by atoms with van der Waals surface area (Å²) < 4.78 is 40.7. The molecule has 0 bridgehead atoms. The van der Waals surface area contributed by atoms with Gasteiger partial charge in [-0.05, 0) is 65.6 Å². The molecule has 22 N–H and O–H groups in total. The molecule has 2 unspecified atom stereocenters. The zero-order valence-corrected chi connectivity index (χ0v) is 76.4. The Morgan fingerprint density at radius 2 is 0.918 bits per heavy atom. The molecule has 1 aliphatic rings. The second-order valence-corrected chi connectivity index (χ2v) is 32.1. The first-order valence-electron chi connectivity index (χ1n) is 42.3. The Kier molecular flexibility index (Phi) is 45.6. The summed E-state index contributed by atoms with van der Waals surface area (Å²) in [5, 5.41) is 67.0. The van der Waals surface area contributed by atoms with Gasteiger partial charge in [-0.2, -0.15) is 0 Å². The Bertz CT molecular complexity index is 4860. The van der Waals surface area contributed by atoms with Crippen LogP contribution in [0.1, 0.15) is 94.9 Å². The first-order chi connectivity index (χ1) is 63.8. The molecule has 48 nitrogen and oxygen atoms in total. The monoisotopic (exact) mass is 1900 g/mol. The second kappa shape index (κ2) is 56.1. The number of aryl methyl sites for hydroxylation is 1. The number of thioether (sulfide) groups is 1. The molecule has 0 radical (unpaired) electrons. The molecule has 0 saturated heterocycles. The highest BCUT2D eigenvalue weighted by atomic mass is 32.2. The predicted molar refractivity (Wildman–Crippen MR) is 476 cm³/mol. The molecule has 0 saturated carbocycles. The van der Waals surface area contributed by atoms with Gasteiger partial charge in [0.1, 0.15) is 68.2 Å². The van der Waals surface area contributed by atoms with Crippen LogP contribution in [0.5, 0.6) is 23.0 Å². The average molecular weight is 1900 g/mol. The van der Waals surface area contributed by atoms with E-state index in [4.69, 9.17) is 38.9 Å². The van der Waals surface area contributed by atoms with Crippen LogP contribution in [0.3, 0.4) is 0 Å². The number of fused-ring (bicyclic) bond motifs is 3. The van der Waals surface area contributed by atoms with Crippen LogP contribution < -0.4 is 110 Å². The third kappa shape index (κ3) is 37.0. The molecule has 1 aliphatic carbocycles. The van der Waals surface area contributed by atoms with Crippen molar-refractivity contribution in [3.63, 3.8) is 0 Å². The first kappa shape index (κ1) is 109. The molecule has 16 amide bonds. The summed E-state index contributed by atoms with van der Waals surface area (Å²) in [5.41, 5.74) is 8.58. The number of amides is 16. The number of aliphatic hydroxyl groups is 2. The van der Waals surface area contributed by atoms with Gasteiger partial charge < -0.3 is 144 Å². The number of carboxylic acids is 1. The fraction of sp³-hybridized carbons (Fsp3) is 0.506. The molecular weight excluding hydrogens is 1780 g/mol. The topological polar surface area (TPSA) is 696 Å². The smallest absolute Gasteiger partial charge is 0.305 e. The number of H-pyrrole nitrogens is 2. The molecule has 0 spiro atoms. The van der Waals surface area contributed by atoms with Gasteiger partial charge in [-0.15, -0.1) is 11.8 Å². The van der Waals surface area contributed by atoms with Gasteiger partial charge in [-0.3, -0.25) is 86.3 Å². The van der Waals surface area contributed by atoms with E-state index in [2.05, 4.69) is 99.7 Å². The summed E-state index contributed by atoms with van der Waals surface area (Å²) in [6, 6.07) is 1.87. The Labute approximate surface area is 773 Å². The number of aliphatic hydroxyl groups excluding tert-OH is 2. The Morgan fingerprint density at radius 1 is 0.485 bits per heavy atom. The fourth-order valence-electron chi connectivity index (χ4n) is 13.6. The maximum atomic E-state index is 14.8. The number of imidazole rings is 2. The van der Waals surface area contributed by atoms with E-state index in [0.717, 1.165) is 32.5 Å². The highest BCUT2D eigenvalue weighted by Gasteiger charge is 2.36. The summed E-state index contributed by atoms with van der Waals surface area (Å²) >= 11 is 0.857. The molecule has 11 atom stereocenters. The van der Waals surface area contributed by atoms with Crippen LogP contribution in [0.15, 0.2) is 84.4 Å². The fourth-order valence-corrected chi connectivity index (χ4v) is 14.5. The van der Waals surface area contributed by atoms with Gasteiger partial charge in [0.15, 0.2) is 17.2 Å². The molecule has 49 heteroatoms. The second-order valence-electron chi connectivity index (χ2n) is 31.1. The third-order valence-corrected chi connectivity index (χ3v) is 21.0. The number of nitrogens with two attached hydrogens (primary N) is 1. The van der Waals surface area contributed by atoms with Crippen LogP contribution in [-0.4, -0.2) is 315 Å². The molecule has 5 aromatic rings. The molecule has 134 heavy (non-hydrogen) atoms. The van der Waals surface area contributed by atoms with Crippen molar-refractivity contribution in [3.05, 3.63) is 118 Å². The number of carbonyl (C=O) groups is 17. The number of nitrogens with one attached hydrogen (secondary N) is 17. The molecule has 2 heterocycles. The van der Waals surface area contributed by atoms with Crippen molar-refractivity contribution in [2.24, 2.45) is 11.7 Å². The molecule has 2 aromatic heterocycles. The normalized spacial score (nSPS) is 14.2. The lowest BCUT2D eigenvalue weighted by Crippen LogP contribution is -2.55. The number of methoxy groups -OCH3 is 4.